The molecule has 0 radical (unpaired) electrons. The highest BCUT2D eigenvalue weighted by Gasteiger charge is 2.32. The van der Waals surface area contributed by atoms with Crippen molar-refractivity contribution in [1.82, 2.24) is 19.2 Å². The zero-order valence-corrected chi connectivity index (χ0v) is 14.9. The molecule has 0 unspecified atom stereocenters. The molecule has 0 aliphatic heterocycles. The molecule has 1 saturated carbocycles. The number of aryl methyl sites for hydroxylation is 1. The van der Waals surface area contributed by atoms with Crippen LogP contribution in [0.3, 0.4) is 0 Å². The Morgan fingerprint density at radius 2 is 1.89 bits per heavy atom. The summed E-state index contributed by atoms with van der Waals surface area (Å²) < 4.78 is 42.1. The summed E-state index contributed by atoms with van der Waals surface area (Å²) in [6, 6.07) is 9.81. The van der Waals surface area contributed by atoms with Crippen LogP contribution in [0.4, 0.5) is 13.2 Å². The van der Waals surface area contributed by atoms with Gasteiger partial charge in [0.1, 0.15) is 11.3 Å². The number of hydrogen-bond donors (Lipinski definition) is 0. The van der Waals surface area contributed by atoms with E-state index in [1.165, 1.54) is 10.6 Å². The van der Waals surface area contributed by atoms with E-state index < -0.39 is 11.9 Å². The predicted octanol–water partition coefficient (Wildman–Crippen LogP) is 4.14. The fourth-order valence-electron chi connectivity index (χ4n) is 3.53. The molecule has 0 bridgehead atoms. The molecule has 3 heterocycles. The summed E-state index contributed by atoms with van der Waals surface area (Å²) in [5.41, 5.74) is 1.85. The van der Waals surface area contributed by atoms with Crippen molar-refractivity contribution in [3.63, 3.8) is 0 Å². The number of aromatic nitrogens is 4. The first-order valence-electron chi connectivity index (χ1n) is 8.89. The first-order chi connectivity index (χ1) is 13.3. The minimum absolute atomic E-state index is 0.165. The molecule has 4 aromatic rings. The summed E-state index contributed by atoms with van der Waals surface area (Å²) in [6.07, 6.45) is -1.17. The maximum atomic E-state index is 13.0. The van der Waals surface area contributed by atoms with Gasteiger partial charge in [0.05, 0.1) is 16.6 Å². The Hall–Kier alpha value is -3.16. The Morgan fingerprint density at radius 1 is 1.11 bits per heavy atom. The summed E-state index contributed by atoms with van der Waals surface area (Å²) in [4.78, 5) is 16.1. The van der Waals surface area contributed by atoms with E-state index >= 15 is 0 Å². The molecule has 5 rings (SSSR count). The standard InChI is InChI=1S/C20H15F3N4O/c1-26-18-10-15(13-6-7-24-17(9-13)20(21,22)23)25-27(18)16-8-12(11-2-3-11)4-5-14(16)19(26)28/h4-11H,2-3H2,1H3. The van der Waals surface area contributed by atoms with Crippen LogP contribution in [-0.2, 0) is 13.2 Å². The lowest BCUT2D eigenvalue weighted by Crippen LogP contribution is -2.19. The third-order valence-corrected chi connectivity index (χ3v) is 5.21. The summed E-state index contributed by atoms with van der Waals surface area (Å²) in [6.45, 7) is 0. The summed E-state index contributed by atoms with van der Waals surface area (Å²) >= 11 is 0. The molecule has 5 nitrogen and oxygen atoms in total. The van der Waals surface area contributed by atoms with Gasteiger partial charge in [-0.25, -0.2) is 4.52 Å². The van der Waals surface area contributed by atoms with Gasteiger partial charge in [-0.05, 0) is 48.6 Å². The van der Waals surface area contributed by atoms with Crippen molar-refractivity contribution >= 4 is 16.6 Å². The number of hydrogen-bond acceptors (Lipinski definition) is 3. The molecule has 1 aliphatic carbocycles. The molecule has 8 heteroatoms. The minimum atomic E-state index is -4.53. The van der Waals surface area contributed by atoms with Gasteiger partial charge >= 0.3 is 6.18 Å². The smallest absolute Gasteiger partial charge is 0.296 e. The molecule has 0 N–H and O–H groups in total. The third kappa shape index (κ3) is 2.59. The Bertz CT molecular complexity index is 1300. The van der Waals surface area contributed by atoms with Gasteiger partial charge in [0.15, 0.2) is 0 Å². The Labute approximate surface area is 157 Å². The molecule has 0 saturated heterocycles. The van der Waals surface area contributed by atoms with E-state index in [9.17, 15) is 18.0 Å². The SMILES string of the molecule is Cn1c(=O)c2ccc(C3CC3)cc2n2nc(-c3ccnc(C(F)(F)F)c3)cc12. The summed E-state index contributed by atoms with van der Waals surface area (Å²) in [5.74, 6) is 0.507. The van der Waals surface area contributed by atoms with Crippen molar-refractivity contribution < 1.29 is 13.2 Å². The van der Waals surface area contributed by atoms with Crippen LogP contribution in [0.1, 0.15) is 30.0 Å². The van der Waals surface area contributed by atoms with Gasteiger partial charge in [-0.3, -0.25) is 14.3 Å². The van der Waals surface area contributed by atoms with Gasteiger partial charge in [0.25, 0.3) is 5.56 Å². The molecule has 0 atom stereocenters. The number of fused-ring (bicyclic) bond motifs is 3. The zero-order valence-electron chi connectivity index (χ0n) is 14.9. The molecular formula is C20H15F3N4O. The molecule has 1 aliphatic rings. The monoisotopic (exact) mass is 384 g/mol. The van der Waals surface area contributed by atoms with Gasteiger partial charge in [-0.2, -0.15) is 18.3 Å². The number of alkyl halides is 3. The van der Waals surface area contributed by atoms with Crippen LogP contribution in [0.5, 0.6) is 0 Å². The highest BCUT2D eigenvalue weighted by Crippen LogP contribution is 2.40. The lowest BCUT2D eigenvalue weighted by atomic mass is 10.1. The number of nitrogens with zero attached hydrogens (tertiary/aromatic N) is 4. The first-order valence-corrected chi connectivity index (χ1v) is 8.89. The van der Waals surface area contributed by atoms with Gasteiger partial charge in [0, 0.05) is 24.9 Å². The molecule has 1 fully saturated rings. The zero-order chi connectivity index (χ0) is 19.6. The van der Waals surface area contributed by atoms with Gasteiger partial charge in [-0.15, -0.1) is 0 Å². The summed E-state index contributed by atoms with van der Waals surface area (Å²) in [5, 5.41) is 5.05. The molecule has 0 spiro atoms. The molecule has 28 heavy (non-hydrogen) atoms. The van der Waals surface area contributed by atoms with E-state index in [1.807, 2.05) is 12.1 Å². The lowest BCUT2D eigenvalue weighted by molar-refractivity contribution is -0.141. The molecule has 0 amide bonds. The molecule has 1 aromatic carbocycles. The van der Waals surface area contributed by atoms with Crippen LogP contribution < -0.4 is 5.56 Å². The summed E-state index contributed by atoms with van der Waals surface area (Å²) in [7, 11) is 1.63. The lowest BCUT2D eigenvalue weighted by Gasteiger charge is -2.08. The van der Waals surface area contributed by atoms with Crippen molar-refractivity contribution in [2.45, 2.75) is 24.9 Å². The number of pyridine rings is 1. The average molecular weight is 384 g/mol. The Balaban J connectivity index is 1.77. The fraction of sp³-hybridized carbons (Fsp3) is 0.250. The fourth-order valence-corrected chi connectivity index (χ4v) is 3.53. The van der Waals surface area contributed by atoms with Crippen LogP contribution >= 0.6 is 0 Å². The van der Waals surface area contributed by atoms with E-state index in [0.29, 0.717) is 33.7 Å². The third-order valence-electron chi connectivity index (χ3n) is 5.21. The van der Waals surface area contributed by atoms with Crippen LogP contribution in [-0.4, -0.2) is 19.2 Å². The average Bonchev–Trinajstić information content (AvgIpc) is 3.43. The predicted molar refractivity (Wildman–Crippen MR) is 98.1 cm³/mol. The van der Waals surface area contributed by atoms with Crippen molar-refractivity contribution in [3.05, 3.63) is 64.2 Å². The largest absolute Gasteiger partial charge is 0.433 e. The van der Waals surface area contributed by atoms with E-state index in [2.05, 4.69) is 10.1 Å². The molecular weight excluding hydrogens is 369 g/mol. The number of benzene rings is 1. The Morgan fingerprint density at radius 3 is 2.61 bits per heavy atom. The quantitative estimate of drug-likeness (QED) is 0.522. The number of rotatable bonds is 2. The van der Waals surface area contributed by atoms with E-state index in [1.54, 1.807) is 23.7 Å². The van der Waals surface area contributed by atoms with Gasteiger partial charge in [0.2, 0.25) is 0 Å². The topological polar surface area (TPSA) is 52.2 Å². The van der Waals surface area contributed by atoms with Crippen molar-refractivity contribution in [2.24, 2.45) is 7.05 Å². The molecule has 3 aromatic heterocycles. The van der Waals surface area contributed by atoms with Crippen LogP contribution in [0.25, 0.3) is 27.8 Å². The van der Waals surface area contributed by atoms with Crippen LogP contribution in [0.15, 0.2) is 47.4 Å². The van der Waals surface area contributed by atoms with E-state index in [0.717, 1.165) is 30.7 Å². The van der Waals surface area contributed by atoms with Crippen LogP contribution in [0.2, 0.25) is 0 Å². The highest BCUT2D eigenvalue weighted by atomic mass is 19.4. The maximum Gasteiger partial charge on any atom is 0.433 e. The second kappa shape index (κ2) is 5.67. The van der Waals surface area contributed by atoms with Crippen LogP contribution in [0, 0.1) is 0 Å². The van der Waals surface area contributed by atoms with Gasteiger partial charge < -0.3 is 0 Å². The van der Waals surface area contributed by atoms with Crippen molar-refractivity contribution in [3.8, 4) is 11.3 Å². The van der Waals surface area contributed by atoms with Crippen molar-refractivity contribution in [1.29, 1.82) is 0 Å². The van der Waals surface area contributed by atoms with E-state index in [-0.39, 0.29) is 5.56 Å². The van der Waals surface area contributed by atoms with Gasteiger partial charge in [-0.1, -0.05) is 6.07 Å². The first kappa shape index (κ1) is 17.0. The number of halogens is 3. The highest BCUT2D eigenvalue weighted by molar-refractivity contribution is 5.82. The minimum Gasteiger partial charge on any atom is -0.296 e. The Kier molecular flexibility index (Phi) is 3.44. The maximum absolute atomic E-state index is 13.0. The molecule has 142 valence electrons. The van der Waals surface area contributed by atoms with Crippen molar-refractivity contribution in [2.75, 3.05) is 0 Å². The second-order valence-corrected chi connectivity index (χ2v) is 7.14. The van der Waals surface area contributed by atoms with E-state index in [4.69, 9.17) is 0 Å². The normalized spacial score (nSPS) is 14.9. The second-order valence-electron chi connectivity index (χ2n) is 7.14.